The van der Waals surface area contributed by atoms with Gasteiger partial charge in [0.15, 0.2) is 0 Å². The molecule has 28 heavy (non-hydrogen) atoms. The summed E-state index contributed by atoms with van der Waals surface area (Å²) in [5.41, 5.74) is 3.25. The number of benzene rings is 2. The van der Waals surface area contributed by atoms with Gasteiger partial charge in [-0.05, 0) is 61.2 Å². The number of hydrogen-bond donors (Lipinski definition) is 1. The number of carbonyl (C=O) groups is 1. The van der Waals surface area contributed by atoms with E-state index in [9.17, 15) is 13.2 Å². The summed E-state index contributed by atoms with van der Waals surface area (Å²) in [6.07, 6.45) is 0.307. The van der Waals surface area contributed by atoms with Crippen molar-refractivity contribution < 1.29 is 22.7 Å². The zero-order chi connectivity index (χ0) is 20.3. The fraction of sp³-hybridized carbons (Fsp3) is 0.350. The average molecular weight is 404 g/mol. The molecule has 0 saturated heterocycles. The van der Waals surface area contributed by atoms with E-state index in [0.29, 0.717) is 37.6 Å². The number of ether oxygens (including phenoxy) is 2. The highest BCUT2D eigenvalue weighted by Crippen LogP contribution is 2.29. The van der Waals surface area contributed by atoms with Crippen molar-refractivity contribution in [2.24, 2.45) is 0 Å². The van der Waals surface area contributed by atoms with Gasteiger partial charge in [0.1, 0.15) is 10.6 Å². The normalized spacial score (nSPS) is 13.6. The first kappa shape index (κ1) is 20.0. The van der Waals surface area contributed by atoms with Crippen LogP contribution >= 0.6 is 0 Å². The molecule has 0 aliphatic carbocycles. The van der Waals surface area contributed by atoms with Crippen LogP contribution in [0.4, 0.5) is 10.5 Å². The van der Waals surface area contributed by atoms with Gasteiger partial charge >= 0.3 is 6.09 Å². The van der Waals surface area contributed by atoms with Crippen LogP contribution in [-0.2, 0) is 27.7 Å². The number of fused-ring (bicyclic) bond motifs is 1. The Labute approximate surface area is 165 Å². The first-order valence-corrected chi connectivity index (χ1v) is 10.5. The Morgan fingerprint density at radius 3 is 2.68 bits per heavy atom. The minimum Gasteiger partial charge on any atom is -0.492 e. The number of sulfonamides is 1. The van der Waals surface area contributed by atoms with E-state index >= 15 is 0 Å². The number of nitrogens with zero attached hydrogens (tertiary/aromatic N) is 1. The molecule has 3 rings (SSSR count). The van der Waals surface area contributed by atoms with E-state index in [1.54, 1.807) is 36.1 Å². The van der Waals surface area contributed by atoms with Crippen LogP contribution in [0, 0.1) is 6.92 Å². The lowest BCUT2D eigenvalue weighted by Gasteiger charge is -2.28. The molecule has 7 nitrogen and oxygen atoms in total. The van der Waals surface area contributed by atoms with Crippen LogP contribution in [0.5, 0.6) is 5.75 Å². The van der Waals surface area contributed by atoms with Crippen molar-refractivity contribution >= 4 is 21.8 Å². The smallest absolute Gasteiger partial charge is 0.409 e. The Hall–Kier alpha value is -2.74. The van der Waals surface area contributed by atoms with Gasteiger partial charge in [0.2, 0.25) is 0 Å². The summed E-state index contributed by atoms with van der Waals surface area (Å²) in [4.78, 5) is 13.5. The van der Waals surface area contributed by atoms with Gasteiger partial charge in [-0.1, -0.05) is 12.1 Å². The third-order valence-electron chi connectivity index (χ3n) is 4.59. The standard InChI is InChI=1S/C20H24N2O5S/c1-4-27-18-8-5-14(2)11-19(18)28(24,25)21-17-7-6-15-9-10-22(20(23)26-3)13-16(15)12-17/h5-8,11-12,21H,4,9-10,13H2,1-3H3. The molecule has 0 unspecified atom stereocenters. The van der Waals surface area contributed by atoms with Crippen molar-refractivity contribution in [3.8, 4) is 5.75 Å². The molecular formula is C20H24N2O5S. The quantitative estimate of drug-likeness (QED) is 0.826. The first-order valence-electron chi connectivity index (χ1n) is 9.05. The summed E-state index contributed by atoms with van der Waals surface area (Å²) in [6.45, 7) is 4.96. The average Bonchev–Trinajstić information content (AvgIpc) is 2.68. The molecule has 0 saturated carbocycles. The molecule has 1 aliphatic heterocycles. The molecule has 0 atom stereocenters. The van der Waals surface area contributed by atoms with Gasteiger partial charge in [-0.15, -0.1) is 0 Å². The minimum atomic E-state index is -3.83. The number of amides is 1. The lowest BCUT2D eigenvalue weighted by atomic mass is 9.99. The highest BCUT2D eigenvalue weighted by molar-refractivity contribution is 7.92. The second kappa shape index (κ2) is 8.10. The maximum absolute atomic E-state index is 13.0. The molecular weight excluding hydrogens is 380 g/mol. The first-order chi connectivity index (χ1) is 13.3. The van der Waals surface area contributed by atoms with Crippen molar-refractivity contribution in [1.82, 2.24) is 4.90 Å². The molecule has 0 radical (unpaired) electrons. The van der Waals surface area contributed by atoms with Crippen LogP contribution in [0.25, 0.3) is 0 Å². The fourth-order valence-corrected chi connectivity index (χ4v) is 4.50. The van der Waals surface area contributed by atoms with Crippen molar-refractivity contribution in [1.29, 1.82) is 0 Å². The van der Waals surface area contributed by atoms with Crippen LogP contribution in [0.15, 0.2) is 41.3 Å². The number of carbonyl (C=O) groups excluding carboxylic acids is 1. The van der Waals surface area contributed by atoms with Crippen LogP contribution in [0.3, 0.4) is 0 Å². The van der Waals surface area contributed by atoms with E-state index in [-0.39, 0.29) is 4.90 Å². The maximum Gasteiger partial charge on any atom is 0.409 e. The number of hydrogen-bond acceptors (Lipinski definition) is 5. The van der Waals surface area contributed by atoms with Gasteiger partial charge in [-0.25, -0.2) is 13.2 Å². The molecule has 1 amide bonds. The molecule has 0 bridgehead atoms. The second-order valence-corrected chi connectivity index (χ2v) is 8.26. The lowest BCUT2D eigenvalue weighted by Crippen LogP contribution is -2.35. The molecule has 2 aromatic carbocycles. The van der Waals surface area contributed by atoms with Crippen LogP contribution in [-0.4, -0.2) is 39.7 Å². The summed E-state index contributed by atoms with van der Waals surface area (Å²) >= 11 is 0. The largest absolute Gasteiger partial charge is 0.492 e. The molecule has 150 valence electrons. The number of aryl methyl sites for hydroxylation is 1. The van der Waals surface area contributed by atoms with Gasteiger partial charge < -0.3 is 14.4 Å². The Balaban J connectivity index is 1.88. The number of anilines is 1. The molecule has 2 aromatic rings. The van der Waals surface area contributed by atoms with Crippen LogP contribution in [0.1, 0.15) is 23.6 Å². The minimum absolute atomic E-state index is 0.100. The Morgan fingerprint density at radius 1 is 1.18 bits per heavy atom. The van der Waals surface area contributed by atoms with Gasteiger partial charge in [0, 0.05) is 18.8 Å². The van der Waals surface area contributed by atoms with Crippen LogP contribution in [0.2, 0.25) is 0 Å². The van der Waals surface area contributed by atoms with E-state index < -0.39 is 16.1 Å². The second-order valence-electron chi connectivity index (χ2n) is 6.61. The van der Waals surface area contributed by atoms with Crippen LogP contribution < -0.4 is 9.46 Å². The maximum atomic E-state index is 13.0. The molecule has 1 heterocycles. The molecule has 0 fully saturated rings. The summed E-state index contributed by atoms with van der Waals surface area (Å²) < 4.78 is 38.8. The van der Waals surface area contributed by atoms with E-state index in [1.807, 2.05) is 19.1 Å². The number of methoxy groups -OCH3 is 1. The SMILES string of the molecule is CCOc1ccc(C)cc1S(=O)(=O)Nc1ccc2c(c1)CN(C(=O)OC)CC2. The lowest BCUT2D eigenvalue weighted by molar-refractivity contribution is 0.118. The fourth-order valence-electron chi connectivity index (χ4n) is 3.22. The molecule has 0 aromatic heterocycles. The summed E-state index contributed by atoms with van der Waals surface area (Å²) in [5.74, 6) is 0.315. The third kappa shape index (κ3) is 4.22. The summed E-state index contributed by atoms with van der Waals surface area (Å²) in [6, 6.07) is 10.4. The monoisotopic (exact) mass is 404 g/mol. The van der Waals surface area contributed by atoms with Crippen molar-refractivity contribution in [2.75, 3.05) is 25.0 Å². The van der Waals surface area contributed by atoms with Gasteiger partial charge in [0.05, 0.1) is 13.7 Å². The number of nitrogens with one attached hydrogen (secondary N) is 1. The van der Waals surface area contributed by atoms with Gasteiger partial charge in [-0.3, -0.25) is 4.72 Å². The van der Waals surface area contributed by atoms with E-state index in [2.05, 4.69) is 4.72 Å². The highest BCUT2D eigenvalue weighted by Gasteiger charge is 2.23. The topological polar surface area (TPSA) is 84.9 Å². The van der Waals surface area contributed by atoms with E-state index in [1.165, 1.54) is 7.11 Å². The zero-order valence-corrected chi connectivity index (χ0v) is 17.0. The molecule has 1 N–H and O–H groups in total. The van der Waals surface area contributed by atoms with Crippen molar-refractivity contribution in [3.05, 3.63) is 53.1 Å². The Kier molecular flexibility index (Phi) is 5.79. The van der Waals surface area contributed by atoms with E-state index in [4.69, 9.17) is 9.47 Å². The highest BCUT2D eigenvalue weighted by atomic mass is 32.2. The van der Waals surface area contributed by atoms with Gasteiger partial charge in [-0.2, -0.15) is 0 Å². The number of rotatable bonds is 5. The molecule has 8 heteroatoms. The predicted molar refractivity (Wildman–Crippen MR) is 106 cm³/mol. The van der Waals surface area contributed by atoms with Crippen molar-refractivity contribution in [2.45, 2.75) is 31.7 Å². The molecule has 1 aliphatic rings. The predicted octanol–water partition coefficient (Wildman–Crippen LogP) is 3.32. The summed E-state index contributed by atoms with van der Waals surface area (Å²) in [5, 5.41) is 0. The third-order valence-corrected chi connectivity index (χ3v) is 5.99. The van der Waals surface area contributed by atoms with Crippen molar-refractivity contribution in [3.63, 3.8) is 0 Å². The Bertz CT molecular complexity index is 988. The molecule has 0 spiro atoms. The van der Waals surface area contributed by atoms with E-state index in [0.717, 1.165) is 16.7 Å². The van der Waals surface area contributed by atoms with Gasteiger partial charge in [0.25, 0.3) is 10.0 Å². The zero-order valence-electron chi connectivity index (χ0n) is 16.2. The summed E-state index contributed by atoms with van der Waals surface area (Å²) in [7, 11) is -2.48. The Morgan fingerprint density at radius 2 is 1.96 bits per heavy atom.